The zero-order chi connectivity index (χ0) is 15.4. The van der Waals surface area contributed by atoms with E-state index >= 15 is 0 Å². The minimum absolute atomic E-state index is 0.0464. The average Bonchev–Trinajstić information content (AvgIpc) is 2.46. The van der Waals surface area contributed by atoms with E-state index in [0.717, 1.165) is 49.5 Å². The molecule has 1 heterocycles. The number of hydrogen-bond donors (Lipinski definition) is 1. The number of nitrogens with zero attached hydrogens (tertiary/aromatic N) is 1. The SMILES string of the molecule is Cc1cc(C)c(C)c(C(=O)NCCN2CCOCC2)c1C. The van der Waals surface area contributed by atoms with E-state index in [-0.39, 0.29) is 5.91 Å². The second-order valence-corrected chi connectivity index (χ2v) is 5.85. The summed E-state index contributed by atoms with van der Waals surface area (Å²) in [7, 11) is 0. The number of morpholine rings is 1. The Morgan fingerprint density at radius 2 is 1.71 bits per heavy atom. The van der Waals surface area contributed by atoms with Gasteiger partial charge in [0.05, 0.1) is 13.2 Å². The molecule has 0 unspecified atom stereocenters. The Hall–Kier alpha value is -1.39. The molecular formula is C17H26N2O2. The van der Waals surface area contributed by atoms with Gasteiger partial charge < -0.3 is 10.1 Å². The molecule has 0 atom stereocenters. The Kier molecular flexibility index (Phi) is 5.37. The van der Waals surface area contributed by atoms with E-state index in [2.05, 4.69) is 30.1 Å². The van der Waals surface area contributed by atoms with Gasteiger partial charge in [0.25, 0.3) is 5.91 Å². The number of nitrogens with one attached hydrogen (secondary N) is 1. The van der Waals surface area contributed by atoms with Crippen molar-refractivity contribution in [2.75, 3.05) is 39.4 Å². The summed E-state index contributed by atoms with van der Waals surface area (Å²) < 4.78 is 5.33. The first-order valence-electron chi connectivity index (χ1n) is 7.66. The molecule has 1 aliphatic rings. The van der Waals surface area contributed by atoms with Crippen molar-refractivity contribution >= 4 is 5.91 Å². The van der Waals surface area contributed by atoms with E-state index in [9.17, 15) is 4.79 Å². The van der Waals surface area contributed by atoms with Crippen LogP contribution in [0.4, 0.5) is 0 Å². The van der Waals surface area contributed by atoms with Crippen LogP contribution in [-0.2, 0) is 4.74 Å². The van der Waals surface area contributed by atoms with Gasteiger partial charge in [0.15, 0.2) is 0 Å². The van der Waals surface area contributed by atoms with Crippen LogP contribution in [0.15, 0.2) is 6.07 Å². The minimum Gasteiger partial charge on any atom is -0.379 e. The quantitative estimate of drug-likeness (QED) is 0.922. The van der Waals surface area contributed by atoms with Gasteiger partial charge in [0, 0.05) is 31.7 Å². The molecule has 1 amide bonds. The summed E-state index contributed by atoms with van der Waals surface area (Å²) in [5.41, 5.74) is 5.37. The lowest BCUT2D eigenvalue weighted by atomic mass is 9.94. The second-order valence-electron chi connectivity index (χ2n) is 5.85. The number of aryl methyl sites for hydroxylation is 2. The van der Waals surface area contributed by atoms with E-state index in [4.69, 9.17) is 4.74 Å². The molecule has 1 fully saturated rings. The first-order chi connectivity index (χ1) is 10.0. The molecule has 0 aliphatic carbocycles. The Bertz CT molecular complexity index is 494. The zero-order valence-corrected chi connectivity index (χ0v) is 13.6. The van der Waals surface area contributed by atoms with E-state index in [1.54, 1.807) is 0 Å². The molecule has 1 aliphatic heterocycles. The molecule has 0 radical (unpaired) electrons. The fourth-order valence-corrected chi connectivity index (χ4v) is 2.80. The van der Waals surface area contributed by atoms with E-state index in [0.29, 0.717) is 6.54 Å². The maximum Gasteiger partial charge on any atom is 0.251 e. The summed E-state index contributed by atoms with van der Waals surface area (Å²) in [6.45, 7) is 13.3. The van der Waals surface area contributed by atoms with Gasteiger partial charge in [0.2, 0.25) is 0 Å². The molecular weight excluding hydrogens is 264 g/mol. The fourth-order valence-electron chi connectivity index (χ4n) is 2.80. The molecule has 1 aromatic carbocycles. The van der Waals surface area contributed by atoms with Crippen molar-refractivity contribution in [3.8, 4) is 0 Å². The number of hydrogen-bond acceptors (Lipinski definition) is 3. The van der Waals surface area contributed by atoms with Crippen LogP contribution in [-0.4, -0.2) is 50.2 Å². The molecule has 4 nitrogen and oxygen atoms in total. The maximum absolute atomic E-state index is 12.5. The highest BCUT2D eigenvalue weighted by atomic mass is 16.5. The Balaban J connectivity index is 1.97. The molecule has 4 heteroatoms. The van der Waals surface area contributed by atoms with Crippen LogP contribution >= 0.6 is 0 Å². The topological polar surface area (TPSA) is 41.6 Å². The smallest absolute Gasteiger partial charge is 0.251 e. The zero-order valence-electron chi connectivity index (χ0n) is 13.6. The predicted octanol–water partition coefficient (Wildman–Crippen LogP) is 1.98. The van der Waals surface area contributed by atoms with Crippen LogP contribution in [0.5, 0.6) is 0 Å². The molecule has 1 aromatic rings. The number of rotatable bonds is 4. The Labute approximate surface area is 127 Å². The van der Waals surface area contributed by atoms with Crippen LogP contribution in [0, 0.1) is 27.7 Å². The first-order valence-corrected chi connectivity index (χ1v) is 7.66. The van der Waals surface area contributed by atoms with Crippen LogP contribution in [0.1, 0.15) is 32.6 Å². The Morgan fingerprint density at radius 1 is 1.14 bits per heavy atom. The van der Waals surface area contributed by atoms with Gasteiger partial charge in [-0.15, -0.1) is 0 Å². The van der Waals surface area contributed by atoms with Gasteiger partial charge in [0.1, 0.15) is 0 Å². The van der Waals surface area contributed by atoms with Gasteiger partial charge in [-0.3, -0.25) is 9.69 Å². The van der Waals surface area contributed by atoms with Gasteiger partial charge in [-0.05, 0) is 49.9 Å². The third-order valence-corrected chi connectivity index (χ3v) is 4.41. The standard InChI is InChI=1S/C17H26N2O2/c1-12-11-13(2)15(4)16(14(12)3)17(20)18-5-6-19-7-9-21-10-8-19/h11H,5-10H2,1-4H3,(H,18,20). The van der Waals surface area contributed by atoms with Crippen molar-refractivity contribution in [1.29, 1.82) is 0 Å². The van der Waals surface area contributed by atoms with Crippen LogP contribution in [0.3, 0.4) is 0 Å². The first kappa shape index (κ1) is 16.0. The molecule has 116 valence electrons. The molecule has 2 rings (SSSR count). The van der Waals surface area contributed by atoms with Crippen molar-refractivity contribution in [1.82, 2.24) is 10.2 Å². The summed E-state index contributed by atoms with van der Waals surface area (Å²) in [5.74, 6) is 0.0464. The summed E-state index contributed by atoms with van der Waals surface area (Å²) in [6, 6.07) is 2.15. The molecule has 0 aromatic heterocycles. The largest absolute Gasteiger partial charge is 0.379 e. The lowest BCUT2D eigenvalue weighted by molar-refractivity contribution is 0.0383. The van der Waals surface area contributed by atoms with Crippen molar-refractivity contribution in [3.63, 3.8) is 0 Å². The minimum atomic E-state index is 0.0464. The van der Waals surface area contributed by atoms with Gasteiger partial charge in [-0.2, -0.15) is 0 Å². The van der Waals surface area contributed by atoms with Crippen molar-refractivity contribution < 1.29 is 9.53 Å². The number of benzene rings is 1. The molecule has 1 saturated heterocycles. The number of carbonyl (C=O) groups excluding carboxylic acids is 1. The average molecular weight is 290 g/mol. The van der Waals surface area contributed by atoms with Crippen molar-refractivity contribution in [2.24, 2.45) is 0 Å². The van der Waals surface area contributed by atoms with E-state index in [1.165, 1.54) is 11.1 Å². The third-order valence-electron chi connectivity index (χ3n) is 4.41. The van der Waals surface area contributed by atoms with Crippen LogP contribution in [0.25, 0.3) is 0 Å². The molecule has 0 bridgehead atoms. The summed E-state index contributed by atoms with van der Waals surface area (Å²) in [5, 5.41) is 3.06. The van der Waals surface area contributed by atoms with Gasteiger partial charge >= 0.3 is 0 Å². The highest BCUT2D eigenvalue weighted by molar-refractivity contribution is 5.97. The van der Waals surface area contributed by atoms with E-state index in [1.807, 2.05) is 13.8 Å². The van der Waals surface area contributed by atoms with Crippen molar-refractivity contribution in [2.45, 2.75) is 27.7 Å². The normalized spacial score (nSPS) is 16.0. The van der Waals surface area contributed by atoms with E-state index < -0.39 is 0 Å². The summed E-state index contributed by atoms with van der Waals surface area (Å²) in [6.07, 6.45) is 0. The Morgan fingerprint density at radius 3 is 2.29 bits per heavy atom. The summed E-state index contributed by atoms with van der Waals surface area (Å²) >= 11 is 0. The van der Waals surface area contributed by atoms with Crippen LogP contribution < -0.4 is 5.32 Å². The summed E-state index contributed by atoms with van der Waals surface area (Å²) in [4.78, 5) is 14.8. The van der Waals surface area contributed by atoms with Crippen LogP contribution in [0.2, 0.25) is 0 Å². The monoisotopic (exact) mass is 290 g/mol. The molecule has 21 heavy (non-hydrogen) atoms. The lowest BCUT2D eigenvalue weighted by Gasteiger charge is -2.26. The number of ether oxygens (including phenoxy) is 1. The lowest BCUT2D eigenvalue weighted by Crippen LogP contribution is -2.41. The van der Waals surface area contributed by atoms with Crippen molar-refractivity contribution in [3.05, 3.63) is 33.9 Å². The fraction of sp³-hybridized carbons (Fsp3) is 0.588. The number of amides is 1. The molecule has 1 N–H and O–H groups in total. The third kappa shape index (κ3) is 3.83. The maximum atomic E-state index is 12.5. The number of carbonyl (C=O) groups is 1. The highest BCUT2D eigenvalue weighted by Gasteiger charge is 2.16. The molecule has 0 saturated carbocycles. The predicted molar refractivity (Wildman–Crippen MR) is 85.0 cm³/mol. The van der Waals surface area contributed by atoms with Gasteiger partial charge in [-0.25, -0.2) is 0 Å². The highest BCUT2D eigenvalue weighted by Crippen LogP contribution is 2.21. The van der Waals surface area contributed by atoms with Gasteiger partial charge in [-0.1, -0.05) is 6.07 Å². The second kappa shape index (κ2) is 7.05. The molecule has 0 spiro atoms.